The van der Waals surface area contributed by atoms with Crippen LogP contribution in [-0.2, 0) is 0 Å². The minimum absolute atomic E-state index is 0.688. The second kappa shape index (κ2) is 5.47. The van der Waals surface area contributed by atoms with Gasteiger partial charge < -0.3 is 5.73 Å². The molecule has 0 amide bonds. The van der Waals surface area contributed by atoms with Crippen LogP contribution in [0.2, 0.25) is 0 Å². The Kier molecular flexibility index (Phi) is 4.82. The Bertz CT molecular complexity index is 210. The van der Waals surface area contributed by atoms with Crippen LogP contribution in [0.15, 0.2) is 41.1 Å². The third-order valence-corrected chi connectivity index (χ3v) is 1.17. The summed E-state index contributed by atoms with van der Waals surface area (Å²) in [7, 11) is 1.70. The van der Waals surface area contributed by atoms with Crippen molar-refractivity contribution >= 4 is 6.21 Å². The highest BCUT2D eigenvalue weighted by Crippen LogP contribution is 1.98. The fourth-order valence-electron chi connectivity index (χ4n) is 0.660. The van der Waals surface area contributed by atoms with Crippen LogP contribution in [0.1, 0.15) is 6.92 Å². The van der Waals surface area contributed by atoms with Crippen LogP contribution >= 0.6 is 0 Å². The lowest BCUT2D eigenvalue weighted by Gasteiger charge is -1.95. The molecule has 2 nitrogen and oxygen atoms in total. The first-order chi connectivity index (χ1) is 5.26. The van der Waals surface area contributed by atoms with Gasteiger partial charge in [0.05, 0.1) is 0 Å². The van der Waals surface area contributed by atoms with Gasteiger partial charge >= 0.3 is 0 Å². The fraction of sp³-hybridized carbons (Fsp3) is 0.222. The van der Waals surface area contributed by atoms with E-state index < -0.39 is 0 Å². The average Bonchev–Trinajstić information content (AvgIpc) is 2.00. The number of rotatable bonds is 3. The minimum atomic E-state index is 0.688. The maximum atomic E-state index is 5.66. The Balaban J connectivity index is 4.66. The maximum absolute atomic E-state index is 5.66. The lowest BCUT2D eigenvalue weighted by Crippen LogP contribution is -1.98. The first-order valence-electron chi connectivity index (χ1n) is 3.43. The molecule has 0 saturated heterocycles. The highest BCUT2D eigenvalue weighted by Gasteiger charge is 1.89. The molecule has 0 unspecified atom stereocenters. The zero-order chi connectivity index (χ0) is 8.69. The summed E-state index contributed by atoms with van der Waals surface area (Å²) in [5.74, 6) is 0. The molecule has 0 aromatic heterocycles. The second-order valence-corrected chi connectivity index (χ2v) is 2.00. The molecular weight excluding hydrogens is 136 g/mol. The molecule has 0 aliphatic carbocycles. The van der Waals surface area contributed by atoms with Crippen molar-refractivity contribution < 1.29 is 0 Å². The van der Waals surface area contributed by atoms with Crippen molar-refractivity contribution in [2.45, 2.75) is 6.92 Å². The molecule has 0 saturated carbocycles. The van der Waals surface area contributed by atoms with Gasteiger partial charge in [0.25, 0.3) is 0 Å². The number of nitrogens with two attached hydrogens (primary N) is 1. The van der Waals surface area contributed by atoms with Gasteiger partial charge in [0.1, 0.15) is 0 Å². The zero-order valence-corrected chi connectivity index (χ0v) is 7.04. The van der Waals surface area contributed by atoms with E-state index in [1.54, 1.807) is 19.3 Å². The van der Waals surface area contributed by atoms with Crippen LogP contribution in [0, 0.1) is 0 Å². The van der Waals surface area contributed by atoms with Gasteiger partial charge in [-0.05, 0) is 13.0 Å². The van der Waals surface area contributed by atoms with Crippen LogP contribution in [0.3, 0.4) is 0 Å². The summed E-state index contributed by atoms with van der Waals surface area (Å²) in [5.41, 5.74) is 7.20. The summed E-state index contributed by atoms with van der Waals surface area (Å²) < 4.78 is 0. The van der Waals surface area contributed by atoms with Crippen molar-refractivity contribution in [2.24, 2.45) is 10.7 Å². The van der Waals surface area contributed by atoms with Gasteiger partial charge in [0.2, 0.25) is 0 Å². The van der Waals surface area contributed by atoms with Crippen molar-refractivity contribution in [3.8, 4) is 0 Å². The molecular formula is C9H14N2. The van der Waals surface area contributed by atoms with Crippen LogP contribution in [0.25, 0.3) is 0 Å². The van der Waals surface area contributed by atoms with Crippen LogP contribution in [-0.4, -0.2) is 13.3 Å². The van der Waals surface area contributed by atoms with Gasteiger partial charge in [-0.3, -0.25) is 4.99 Å². The zero-order valence-electron chi connectivity index (χ0n) is 7.04. The van der Waals surface area contributed by atoms with E-state index in [1.807, 2.05) is 19.1 Å². The summed E-state index contributed by atoms with van der Waals surface area (Å²) in [6.07, 6.45) is 7.06. The molecule has 0 aromatic rings. The van der Waals surface area contributed by atoms with Gasteiger partial charge in [-0.15, -0.1) is 0 Å². The Morgan fingerprint density at radius 1 is 1.55 bits per heavy atom. The third kappa shape index (κ3) is 3.40. The number of hydrogen-bond donors (Lipinski definition) is 1. The second-order valence-electron chi connectivity index (χ2n) is 2.00. The van der Waals surface area contributed by atoms with Crippen molar-refractivity contribution in [1.82, 2.24) is 0 Å². The summed E-state index contributed by atoms with van der Waals surface area (Å²) in [5, 5.41) is 0. The average molecular weight is 150 g/mol. The van der Waals surface area contributed by atoms with Gasteiger partial charge in [0, 0.05) is 24.5 Å². The SMILES string of the molecule is C=CC(/C=N/C)=C(N)\C=C/C. The third-order valence-electron chi connectivity index (χ3n) is 1.17. The highest BCUT2D eigenvalue weighted by molar-refractivity contribution is 5.83. The van der Waals surface area contributed by atoms with Gasteiger partial charge in [-0.2, -0.15) is 0 Å². The topological polar surface area (TPSA) is 38.4 Å². The van der Waals surface area contributed by atoms with Gasteiger partial charge in [-0.1, -0.05) is 18.7 Å². The molecule has 0 rings (SSSR count). The first kappa shape index (κ1) is 9.69. The standard InChI is InChI=1S/C9H14N2/c1-4-6-9(10)8(5-2)7-11-3/h4-7H,2,10H2,1,3H3/b6-4-,9-8-,11-7+. The molecule has 0 radical (unpaired) electrons. The summed E-state index contributed by atoms with van der Waals surface area (Å²) >= 11 is 0. The molecule has 0 aromatic carbocycles. The molecule has 11 heavy (non-hydrogen) atoms. The summed E-state index contributed by atoms with van der Waals surface area (Å²) in [6, 6.07) is 0. The molecule has 0 atom stereocenters. The molecule has 0 aliphatic rings. The van der Waals surface area contributed by atoms with Crippen LogP contribution < -0.4 is 5.73 Å². The predicted molar refractivity (Wildman–Crippen MR) is 50.6 cm³/mol. The van der Waals surface area contributed by atoms with Crippen molar-refractivity contribution in [3.05, 3.63) is 36.1 Å². The number of hydrogen-bond acceptors (Lipinski definition) is 2. The smallest absolute Gasteiger partial charge is 0.0399 e. The van der Waals surface area contributed by atoms with Crippen molar-refractivity contribution in [2.75, 3.05) is 7.05 Å². The normalized spacial score (nSPS) is 14.0. The van der Waals surface area contributed by atoms with Gasteiger partial charge in [0.15, 0.2) is 0 Å². The molecule has 0 spiro atoms. The van der Waals surface area contributed by atoms with E-state index >= 15 is 0 Å². The van der Waals surface area contributed by atoms with E-state index in [1.165, 1.54) is 0 Å². The Hall–Kier alpha value is -1.31. The Morgan fingerprint density at radius 3 is 2.55 bits per heavy atom. The van der Waals surface area contributed by atoms with Crippen molar-refractivity contribution in [1.29, 1.82) is 0 Å². The monoisotopic (exact) mass is 150 g/mol. The van der Waals surface area contributed by atoms with E-state index in [0.717, 1.165) is 5.57 Å². The molecule has 0 fully saturated rings. The van der Waals surface area contributed by atoms with Crippen LogP contribution in [0.4, 0.5) is 0 Å². The van der Waals surface area contributed by atoms with Crippen LogP contribution in [0.5, 0.6) is 0 Å². The number of aliphatic imine (C=N–C) groups is 1. The van der Waals surface area contributed by atoms with E-state index in [4.69, 9.17) is 5.73 Å². The molecule has 0 bridgehead atoms. The maximum Gasteiger partial charge on any atom is 0.0399 e. The molecule has 0 heterocycles. The van der Waals surface area contributed by atoms with E-state index in [-0.39, 0.29) is 0 Å². The van der Waals surface area contributed by atoms with Gasteiger partial charge in [-0.25, -0.2) is 0 Å². The molecule has 0 aliphatic heterocycles. The first-order valence-corrected chi connectivity index (χ1v) is 3.43. The van der Waals surface area contributed by atoms with Crippen molar-refractivity contribution in [3.63, 3.8) is 0 Å². The Morgan fingerprint density at radius 2 is 2.18 bits per heavy atom. The Labute approximate surface area is 67.8 Å². The summed E-state index contributed by atoms with van der Waals surface area (Å²) in [4.78, 5) is 3.84. The summed E-state index contributed by atoms with van der Waals surface area (Å²) in [6.45, 7) is 5.53. The fourth-order valence-corrected chi connectivity index (χ4v) is 0.660. The number of nitrogens with zero attached hydrogens (tertiary/aromatic N) is 1. The van der Waals surface area contributed by atoms with E-state index in [9.17, 15) is 0 Å². The minimum Gasteiger partial charge on any atom is -0.398 e. The molecule has 60 valence electrons. The molecule has 2 heteroatoms. The molecule has 2 N–H and O–H groups in total. The highest BCUT2D eigenvalue weighted by atomic mass is 14.6. The largest absolute Gasteiger partial charge is 0.398 e. The lowest BCUT2D eigenvalue weighted by atomic mass is 10.2. The predicted octanol–water partition coefficient (Wildman–Crippen LogP) is 1.66. The van der Waals surface area contributed by atoms with E-state index in [0.29, 0.717) is 5.70 Å². The quantitative estimate of drug-likeness (QED) is 0.482. The van der Waals surface area contributed by atoms with E-state index in [2.05, 4.69) is 11.6 Å². The number of allylic oxidation sites excluding steroid dienone is 4. The lowest BCUT2D eigenvalue weighted by molar-refractivity contribution is 1.37.